The quantitative estimate of drug-likeness (QED) is 0.704. The van der Waals surface area contributed by atoms with Gasteiger partial charge < -0.3 is 4.74 Å². The Morgan fingerprint density at radius 3 is 2.00 bits per heavy atom. The number of hydrogen-bond acceptors (Lipinski definition) is 4. The lowest BCUT2D eigenvalue weighted by atomic mass is 9.63. The van der Waals surface area contributed by atoms with Gasteiger partial charge in [-0.15, -0.1) is 0 Å². The zero-order valence-corrected chi connectivity index (χ0v) is 17.1. The predicted molar refractivity (Wildman–Crippen MR) is 105 cm³/mol. The van der Waals surface area contributed by atoms with Crippen molar-refractivity contribution in [2.75, 3.05) is 0 Å². The molecule has 0 N–H and O–H groups in total. The first-order valence-electron chi connectivity index (χ1n) is 10.1. The summed E-state index contributed by atoms with van der Waals surface area (Å²) in [5.41, 5.74) is 1.02. The van der Waals surface area contributed by atoms with E-state index >= 15 is 0 Å². The molecule has 4 rings (SSSR count). The van der Waals surface area contributed by atoms with E-state index in [2.05, 4.69) is 13.8 Å². The maximum absolute atomic E-state index is 13.1. The Hall–Kier alpha value is -2.23. The fourth-order valence-corrected chi connectivity index (χ4v) is 5.20. The van der Waals surface area contributed by atoms with Gasteiger partial charge in [-0.1, -0.05) is 58.0 Å². The van der Waals surface area contributed by atoms with Gasteiger partial charge in [0.2, 0.25) is 0 Å². The fourth-order valence-electron chi connectivity index (χ4n) is 5.20. The van der Waals surface area contributed by atoms with Crippen molar-refractivity contribution < 1.29 is 19.1 Å². The smallest absolute Gasteiger partial charge is 0.163 e. The monoisotopic (exact) mass is 380 g/mol. The molecule has 0 aromatic heterocycles. The molecule has 1 fully saturated rings. The number of carbonyl (C=O) groups excluding carboxylic acids is 3. The van der Waals surface area contributed by atoms with Gasteiger partial charge in [0.05, 0.1) is 5.92 Å². The molecule has 1 aromatic carbocycles. The van der Waals surface area contributed by atoms with Crippen LogP contribution in [0.2, 0.25) is 0 Å². The topological polar surface area (TPSA) is 60.4 Å². The van der Waals surface area contributed by atoms with E-state index in [0.717, 1.165) is 5.56 Å². The highest BCUT2D eigenvalue weighted by Gasteiger charge is 2.54. The lowest BCUT2D eigenvalue weighted by molar-refractivity contribution is -0.142. The summed E-state index contributed by atoms with van der Waals surface area (Å²) in [5.74, 6) is -0.678. The van der Waals surface area contributed by atoms with Gasteiger partial charge in [0, 0.05) is 37.2 Å². The molecule has 148 valence electrons. The summed E-state index contributed by atoms with van der Waals surface area (Å²) in [6.07, 6.45) is 1.36. The molecule has 4 nitrogen and oxygen atoms in total. The van der Waals surface area contributed by atoms with Crippen molar-refractivity contribution in [1.29, 1.82) is 0 Å². The van der Waals surface area contributed by atoms with Crippen molar-refractivity contribution in [3.05, 3.63) is 47.2 Å². The molecule has 2 atom stereocenters. The van der Waals surface area contributed by atoms with E-state index in [-0.39, 0.29) is 28.2 Å². The number of Topliss-reactive ketones (excluding diaryl/α,β-unsaturated/α-hetero) is 3. The highest BCUT2D eigenvalue weighted by atomic mass is 16.5. The van der Waals surface area contributed by atoms with Crippen molar-refractivity contribution in [1.82, 2.24) is 0 Å². The van der Waals surface area contributed by atoms with Gasteiger partial charge in [-0.05, 0) is 16.4 Å². The van der Waals surface area contributed by atoms with Crippen LogP contribution in [0, 0.1) is 22.7 Å². The van der Waals surface area contributed by atoms with Crippen molar-refractivity contribution in [2.45, 2.75) is 59.5 Å². The number of hydrogen-bond donors (Lipinski definition) is 0. The molecule has 1 aliphatic heterocycles. The van der Waals surface area contributed by atoms with Gasteiger partial charge in [0.25, 0.3) is 0 Å². The number of ether oxygens (including phenoxy) is 1. The highest BCUT2D eigenvalue weighted by Crippen LogP contribution is 2.54. The van der Waals surface area contributed by atoms with E-state index in [1.165, 1.54) is 0 Å². The van der Waals surface area contributed by atoms with Gasteiger partial charge in [-0.3, -0.25) is 14.4 Å². The minimum Gasteiger partial charge on any atom is -0.489 e. The Balaban J connectivity index is 1.80. The average Bonchev–Trinajstić information content (AvgIpc) is 2.91. The lowest BCUT2D eigenvalue weighted by Crippen LogP contribution is -2.44. The molecular formula is C24H28O4. The first-order chi connectivity index (χ1) is 13.1. The van der Waals surface area contributed by atoms with E-state index in [4.69, 9.17) is 4.74 Å². The van der Waals surface area contributed by atoms with E-state index in [1.54, 1.807) is 0 Å². The third-order valence-electron chi connectivity index (χ3n) is 6.29. The van der Waals surface area contributed by atoms with Crippen LogP contribution in [-0.4, -0.2) is 17.3 Å². The maximum Gasteiger partial charge on any atom is 0.163 e. The normalized spacial score (nSPS) is 29.6. The van der Waals surface area contributed by atoms with Crippen molar-refractivity contribution >= 4 is 17.3 Å². The summed E-state index contributed by atoms with van der Waals surface area (Å²) in [6, 6.07) is 9.67. The molecule has 0 spiro atoms. The van der Waals surface area contributed by atoms with Crippen LogP contribution >= 0.6 is 0 Å². The van der Waals surface area contributed by atoms with Crippen molar-refractivity contribution in [3.8, 4) is 0 Å². The average molecular weight is 380 g/mol. The molecular weight excluding hydrogens is 352 g/mol. The SMILES string of the molecule is CC1(C)CC(=O)C([C@H]2C3=C(CC(C)(C)CC3=O)O[C@@H]2c2ccccc2)C(=O)C1. The number of benzene rings is 1. The first-order valence-corrected chi connectivity index (χ1v) is 10.1. The van der Waals surface area contributed by atoms with Crippen molar-refractivity contribution in [2.24, 2.45) is 22.7 Å². The van der Waals surface area contributed by atoms with Crippen LogP contribution in [0.15, 0.2) is 41.7 Å². The zero-order valence-electron chi connectivity index (χ0n) is 17.1. The summed E-state index contributed by atoms with van der Waals surface area (Å²) in [7, 11) is 0. The van der Waals surface area contributed by atoms with Gasteiger partial charge in [0.15, 0.2) is 5.78 Å². The Morgan fingerprint density at radius 1 is 0.821 bits per heavy atom. The number of ketones is 3. The zero-order chi connectivity index (χ0) is 20.3. The van der Waals surface area contributed by atoms with Crippen LogP contribution in [0.1, 0.15) is 65.0 Å². The molecule has 28 heavy (non-hydrogen) atoms. The van der Waals surface area contributed by atoms with Gasteiger partial charge in [-0.2, -0.15) is 0 Å². The van der Waals surface area contributed by atoms with Crippen LogP contribution in [0.3, 0.4) is 0 Å². The van der Waals surface area contributed by atoms with Gasteiger partial charge >= 0.3 is 0 Å². The summed E-state index contributed by atoms with van der Waals surface area (Å²) in [4.78, 5) is 39.3. The second-order valence-electron chi connectivity index (χ2n) is 10.2. The van der Waals surface area contributed by atoms with E-state index in [0.29, 0.717) is 37.0 Å². The molecule has 2 aliphatic carbocycles. The van der Waals surface area contributed by atoms with Crippen molar-refractivity contribution in [3.63, 3.8) is 0 Å². The second kappa shape index (κ2) is 6.40. The third kappa shape index (κ3) is 3.23. The Bertz CT molecular complexity index is 855. The molecule has 0 bridgehead atoms. The molecule has 0 saturated heterocycles. The summed E-state index contributed by atoms with van der Waals surface area (Å²) >= 11 is 0. The van der Waals surface area contributed by atoms with Crippen LogP contribution in [0.25, 0.3) is 0 Å². The molecule has 0 amide bonds. The van der Waals surface area contributed by atoms with Gasteiger partial charge in [0.1, 0.15) is 23.4 Å². The Morgan fingerprint density at radius 2 is 1.39 bits per heavy atom. The Kier molecular flexibility index (Phi) is 4.36. The van der Waals surface area contributed by atoms with Crippen LogP contribution < -0.4 is 0 Å². The molecule has 1 aromatic rings. The summed E-state index contributed by atoms with van der Waals surface area (Å²) in [6.45, 7) is 8.03. The largest absolute Gasteiger partial charge is 0.489 e. The maximum atomic E-state index is 13.1. The molecule has 0 unspecified atom stereocenters. The third-order valence-corrected chi connectivity index (χ3v) is 6.29. The minimum atomic E-state index is -0.782. The molecule has 0 radical (unpaired) electrons. The van der Waals surface area contributed by atoms with E-state index in [9.17, 15) is 14.4 Å². The van der Waals surface area contributed by atoms with Crippen LogP contribution in [0.5, 0.6) is 0 Å². The highest BCUT2D eigenvalue weighted by molar-refractivity contribution is 6.08. The van der Waals surface area contributed by atoms with Crippen LogP contribution in [0.4, 0.5) is 0 Å². The van der Waals surface area contributed by atoms with E-state index in [1.807, 2.05) is 44.2 Å². The fraction of sp³-hybridized carbons (Fsp3) is 0.542. The summed E-state index contributed by atoms with van der Waals surface area (Å²) in [5, 5.41) is 0. The van der Waals surface area contributed by atoms with E-state index < -0.39 is 17.9 Å². The number of allylic oxidation sites excluding steroid dienone is 1. The number of carbonyl (C=O) groups is 3. The number of rotatable bonds is 2. The van der Waals surface area contributed by atoms with Gasteiger partial charge in [-0.25, -0.2) is 0 Å². The first kappa shape index (κ1) is 19.1. The molecule has 4 heteroatoms. The van der Waals surface area contributed by atoms with Crippen LogP contribution in [-0.2, 0) is 19.1 Å². The molecule has 1 heterocycles. The Labute approximate surface area is 166 Å². The standard InChI is InChI=1S/C24H28O4/c1-23(2)10-15(25)19(16(26)11-23)21-20-17(27)12-24(3,4)13-18(20)28-22(21)14-8-6-5-7-9-14/h5-9,19,21-22H,10-13H2,1-4H3/t21-,22+/m0/s1. The lowest BCUT2D eigenvalue weighted by Gasteiger charge is -2.36. The molecule has 3 aliphatic rings. The second-order valence-corrected chi connectivity index (χ2v) is 10.2. The minimum absolute atomic E-state index is 0.0279. The summed E-state index contributed by atoms with van der Waals surface area (Å²) < 4.78 is 6.33. The predicted octanol–water partition coefficient (Wildman–Crippen LogP) is 4.59. The molecule has 1 saturated carbocycles.